The molecule has 0 aliphatic carbocycles. The first-order valence-corrected chi connectivity index (χ1v) is 5.76. The topological polar surface area (TPSA) is 77.0 Å². The lowest BCUT2D eigenvalue weighted by molar-refractivity contribution is -0.127. The van der Waals surface area contributed by atoms with Gasteiger partial charge in [0.15, 0.2) is 0 Å². The third-order valence-corrected chi connectivity index (χ3v) is 2.92. The van der Waals surface area contributed by atoms with Crippen molar-refractivity contribution in [3.8, 4) is 0 Å². The molecule has 0 saturated carbocycles. The molecular formula is C11H21NO5. The molecule has 6 heteroatoms. The molecule has 17 heavy (non-hydrogen) atoms. The van der Waals surface area contributed by atoms with E-state index in [2.05, 4.69) is 5.32 Å². The van der Waals surface area contributed by atoms with Crippen molar-refractivity contribution < 1.29 is 24.1 Å². The second-order valence-electron chi connectivity index (χ2n) is 4.19. The zero-order chi connectivity index (χ0) is 12.7. The lowest BCUT2D eigenvalue weighted by atomic mass is 9.97. The van der Waals surface area contributed by atoms with E-state index in [9.17, 15) is 9.90 Å². The molecule has 1 amide bonds. The number of hydrogen-bond donors (Lipinski definition) is 2. The van der Waals surface area contributed by atoms with E-state index in [0.29, 0.717) is 26.2 Å². The molecule has 0 aromatic carbocycles. The van der Waals surface area contributed by atoms with Gasteiger partial charge in [0.05, 0.1) is 19.3 Å². The van der Waals surface area contributed by atoms with Crippen molar-refractivity contribution in [3.63, 3.8) is 0 Å². The van der Waals surface area contributed by atoms with E-state index in [4.69, 9.17) is 14.2 Å². The first-order valence-electron chi connectivity index (χ1n) is 5.76. The standard InChI is InChI=1S/C11H21NO5/c1-9-11(14,3-4-17-9)8-12-10(13)7-16-6-5-15-2/h9,14H,3-8H2,1-2H3,(H,12,13). The van der Waals surface area contributed by atoms with Crippen LogP contribution < -0.4 is 5.32 Å². The fourth-order valence-electron chi connectivity index (χ4n) is 1.61. The highest BCUT2D eigenvalue weighted by molar-refractivity contribution is 5.77. The molecule has 2 N–H and O–H groups in total. The van der Waals surface area contributed by atoms with E-state index in [1.807, 2.05) is 0 Å². The Morgan fingerprint density at radius 3 is 2.94 bits per heavy atom. The first-order chi connectivity index (χ1) is 8.08. The molecule has 0 spiro atoms. The average molecular weight is 247 g/mol. The molecule has 1 heterocycles. The minimum Gasteiger partial charge on any atom is -0.385 e. The van der Waals surface area contributed by atoms with Gasteiger partial charge in [-0.05, 0) is 6.92 Å². The number of amides is 1. The van der Waals surface area contributed by atoms with Crippen molar-refractivity contribution in [2.24, 2.45) is 0 Å². The Labute approximate surface area is 101 Å². The van der Waals surface area contributed by atoms with Gasteiger partial charge in [-0.15, -0.1) is 0 Å². The van der Waals surface area contributed by atoms with Crippen LogP contribution in [0.4, 0.5) is 0 Å². The molecule has 1 aliphatic heterocycles. The number of ether oxygens (including phenoxy) is 3. The second-order valence-corrected chi connectivity index (χ2v) is 4.19. The van der Waals surface area contributed by atoms with Gasteiger partial charge in [0.25, 0.3) is 0 Å². The summed E-state index contributed by atoms with van der Waals surface area (Å²) in [6, 6.07) is 0. The van der Waals surface area contributed by atoms with E-state index >= 15 is 0 Å². The Kier molecular flexibility index (Phi) is 5.84. The van der Waals surface area contributed by atoms with Gasteiger partial charge in [-0.1, -0.05) is 0 Å². The highest BCUT2D eigenvalue weighted by atomic mass is 16.5. The fraction of sp³-hybridized carbons (Fsp3) is 0.909. The summed E-state index contributed by atoms with van der Waals surface area (Å²) in [6.45, 7) is 3.34. The summed E-state index contributed by atoms with van der Waals surface area (Å²) in [5.74, 6) is -0.242. The van der Waals surface area contributed by atoms with Crippen molar-refractivity contribution >= 4 is 5.91 Å². The molecule has 1 fully saturated rings. The monoisotopic (exact) mass is 247 g/mol. The summed E-state index contributed by atoms with van der Waals surface area (Å²) in [5, 5.41) is 12.8. The summed E-state index contributed by atoms with van der Waals surface area (Å²) >= 11 is 0. The van der Waals surface area contributed by atoms with Crippen LogP contribution in [0.25, 0.3) is 0 Å². The quantitative estimate of drug-likeness (QED) is 0.582. The third-order valence-electron chi connectivity index (χ3n) is 2.92. The molecule has 0 aromatic rings. The Morgan fingerprint density at radius 2 is 2.35 bits per heavy atom. The van der Waals surface area contributed by atoms with E-state index in [1.165, 1.54) is 0 Å². The summed E-state index contributed by atoms with van der Waals surface area (Å²) < 4.78 is 15.1. The number of carbonyl (C=O) groups is 1. The second kappa shape index (κ2) is 6.90. The van der Waals surface area contributed by atoms with Crippen molar-refractivity contribution in [1.29, 1.82) is 0 Å². The Balaban J connectivity index is 2.15. The molecule has 0 bridgehead atoms. The molecule has 1 aliphatic rings. The van der Waals surface area contributed by atoms with Gasteiger partial charge >= 0.3 is 0 Å². The van der Waals surface area contributed by atoms with Crippen LogP contribution in [-0.2, 0) is 19.0 Å². The fourth-order valence-corrected chi connectivity index (χ4v) is 1.61. The summed E-state index contributed by atoms with van der Waals surface area (Å²) in [4.78, 5) is 11.4. The molecule has 100 valence electrons. The van der Waals surface area contributed by atoms with E-state index in [0.717, 1.165) is 0 Å². The third kappa shape index (κ3) is 4.59. The molecule has 0 aromatic heterocycles. The molecule has 1 rings (SSSR count). The molecule has 0 radical (unpaired) electrons. The van der Waals surface area contributed by atoms with Gasteiger partial charge in [0.2, 0.25) is 5.91 Å². The summed E-state index contributed by atoms with van der Waals surface area (Å²) in [7, 11) is 1.57. The highest BCUT2D eigenvalue weighted by Crippen LogP contribution is 2.24. The number of rotatable bonds is 7. The van der Waals surface area contributed by atoms with Gasteiger partial charge in [-0.3, -0.25) is 4.79 Å². The number of methoxy groups -OCH3 is 1. The van der Waals surface area contributed by atoms with Crippen molar-refractivity contribution in [3.05, 3.63) is 0 Å². The number of hydrogen-bond acceptors (Lipinski definition) is 5. The van der Waals surface area contributed by atoms with Crippen LogP contribution >= 0.6 is 0 Å². The smallest absolute Gasteiger partial charge is 0.246 e. The number of nitrogens with one attached hydrogen (secondary N) is 1. The normalized spacial score (nSPS) is 28.3. The first kappa shape index (κ1) is 14.4. The predicted octanol–water partition coefficient (Wildman–Crippen LogP) is -0.694. The molecular weight excluding hydrogens is 226 g/mol. The maximum atomic E-state index is 11.4. The zero-order valence-electron chi connectivity index (χ0n) is 10.4. The van der Waals surface area contributed by atoms with Crippen molar-refractivity contribution in [2.75, 3.05) is 40.1 Å². The van der Waals surface area contributed by atoms with Crippen LogP contribution in [0.15, 0.2) is 0 Å². The number of aliphatic hydroxyl groups is 1. The van der Waals surface area contributed by atoms with Gasteiger partial charge in [-0.2, -0.15) is 0 Å². The average Bonchev–Trinajstić information content (AvgIpc) is 2.63. The molecule has 6 nitrogen and oxygen atoms in total. The minimum atomic E-state index is -0.956. The maximum Gasteiger partial charge on any atom is 0.246 e. The number of carbonyl (C=O) groups excluding carboxylic acids is 1. The van der Waals surface area contributed by atoms with E-state index in [1.54, 1.807) is 14.0 Å². The van der Waals surface area contributed by atoms with Gasteiger partial charge in [0, 0.05) is 26.7 Å². The maximum absolute atomic E-state index is 11.4. The van der Waals surface area contributed by atoms with Crippen LogP contribution in [0.2, 0.25) is 0 Å². The van der Waals surface area contributed by atoms with Crippen LogP contribution in [0.3, 0.4) is 0 Å². The predicted molar refractivity (Wildman–Crippen MR) is 60.7 cm³/mol. The van der Waals surface area contributed by atoms with Gasteiger partial charge in [0.1, 0.15) is 12.2 Å². The Morgan fingerprint density at radius 1 is 1.59 bits per heavy atom. The van der Waals surface area contributed by atoms with Crippen LogP contribution in [-0.4, -0.2) is 62.8 Å². The highest BCUT2D eigenvalue weighted by Gasteiger charge is 2.39. The molecule has 1 saturated heterocycles. The molecule has 2 atom stereocenters. The van der Waals surface area contributed by atoms with E-state index < -0.39 is 5.60 Å². The van der Waals surface area contributed by atoms with Crippen molar-refractivity contribution in [1.82, 2.24) is 5.32 Å². The Bertz CT molecular complexity index is 248. The molecule has 2 unspecified atom stereocenters. The van der Waals surface area contributed by atoms with Crippen LogP contribution in [0.5, 0.6) is 0 Å². The lowest BCUT2D eigenvalue weighted by Gasteiger charge is -2.26. The van der Waals surface area contributed by atoms with Gasteiger partial charge < -0.3 is 24.6 Å². The van der Waals surface area contributed by atoms with E-state index in [-0.39, 0.29) is 25.2 Å². The minimum absolute atomic E-state index is 0.0192. The lowest BCUT2D eigenvalue weighted by Crippen LogP contribution is -2.48. The van der Waals surface area contributed by atoms with Gasteiger partial charge in [-0.25, -0.2) is 0 Å². The Hall–Kier alpha value is -0.690. The SMILES string of the molecule is COCCOCC(=O)NCC1(O)CCOC1C. The summed E-state index contributed by atoms with van der Waals surface area (Å²) in [6.07, 6.45) is 0.288. The zero-order valence-corrected chi connectivity index (χ0v) is 10.4. The van der Waals surface area contributed by atoms with Crippen LogP contribution in [0.1, 0.15) is 13.3 Å². The largest absolute Gasteiger partial charge is 0.385 e. The van der Waals surface area contributed by atoms with Crippen LogP contribution in [0, 0.1) is 0 Å². The summed E-state index contributed by atoms with van der Waals surface area (Å²) in [5.41, 5.74) is -0.956. The van der Waals surface area contributed by atoms with Crippen molar-refractivity contribution in [2.45, 2.75) is 25.0 Å².